The van der Waals surface area contributed by atoms with Crippen molar-refractivity contribution >= 4 is 22.1 Å². The van der Waals surface area contributed by atoms with Gasteiger partial charge in [0.15, 0.2) is 0 Å². The molecule has 0 rings (SSSR count). The predicted octanol–water partition coefficient (Wildman–Crippen LogP) is 5.22. The van der Waals surface area contributed by atoms with E-state index in [0.717, 1.165) is 51.4 Å². The average molecular weight is 457 g/mol. The number of hydrogen-bond acceptors (Lipinski definition) is 6. The largest absolute Gasteiger partial charge is 0.481 e. The van der Waals surface area contributed by atoms with E-state index in [9.17, 15) is 32.8 Å². The van der Waals surface area contributed by atoms with Gasteiger partial charge in [-0.3, -0.25) is 14.1 Å². The van der Waals surface area contributed by atoms with Crippen LogP contribution in [0.2, 0.25) is 0 Å². The van der Waals surface area contributed by atoms with E-state index in [-0.39, 0.29) is 31.6 Å². The summed E-state index contributed by atoms with van der Waals surface area (Å²) in [5.41, 5.74) is 0. The van der Waals surface area contributed by atoms with Crippen LogP contribution < -0.4 is 12.3 Å². The quantitative estimate of drug-likeness (QED) is 0.135. The lowest BCUT2D eigenvalue weighted by atomic mass is 9.82. The number of aliphatic carboxylic acids is 2. The first-order valence-corrected chi connectivity index (χ1v) is 12.0. The van der Waals surface area contributed by atoms with E-state index in [0.29, 0.717) is 19.3 Å². The molecular formula is C20H44N2O7S. The maximum atomic E-state index is 12.1. The van der Waals surface area contributed by atoms with Crippen molar-refractivity contribution in [1.82, 2.24) is 12.3 Å². The van der Waals surface area contributed by atoms with Crippen molar-refractivity contribution in [3.8, 4) is 0 Å². The Balaban J connectivity index is -0.00000364. The number of rotatable bonds is 18. The van der Waals surface area contributed by atoms with Crippen LogP contribution in [-0.4, -0.2) is 39.9 Å². The monoisotopic (exact) mass is 456 g/mol. The lowest BCUT2D eigenvalue weighted by molar-refractivity contribution is -0.152. The average Bonchev–Trinajstić information content (AvgIpc) is 2.60. The summed E-state index contributed by atoms with van der Waals surface area (Å²) in [7, 11) is -5.10. The summed E-state index contributed by atoms with van der Waals surface area (Å²) in [4.78, 5) is 23.8. The van der Waals surface area contributed by atoms with Crippen LogP contribution in [0.4, 0.5) is 0 Å². The van der Waals surface area contributed by atoms with Crippen LogP contribution in [0.15, 0.2) is 0 Å². The van der Waals surface area contributed by atoms with Gasteiger partial charge in [0, 0.05) is 0 Å². The minimum Gasteiger partial charge on any atom is -0.481 e. The molecule has 0 aromatic rings. The first-order valence-electron chi connectivity index (χ1n) is 10.6. The van der Waals surface area contributed by atoms with Crippen LogP contribution in [0.25, 0.3) is 0 Å². The molecule has 2 unspecified atom stereocenters. The van der Waals surface area contributed by atoms with Gasteiger partial charge in [0.25, 0.3) is 10.1 Å². The van der Waals surface area contributed by atoms with Gasteiger partial charge in [-0.15, -0.1) is 0 Å². The Hall–Kier alpha value is -1.23. The summed E-state index contributed by atoms with van der Waals surface area (Å²) >= 11 is 0. The lowest BCUT2D eigenvalue weighted by Crippen LogP contribution is -2.55. The topological polar surface area (TPSA) is 199 Å². The van der Waals surface area contributed by atoms with Gasteiger partial charge in [0.1, 0.15) is 0 Å². The van der Waals surface area contributed by atoms with Gasteiger partial charge in [-0.25, -0.2) is 0 Å². The third kappa shape index (κ3) is 10.7. The third-order valence-electron chi connectivity index (χ3n) is 5.43. The summed E-state index contributed by atoms with van der Waals surface area (Å²) < 4.78 is 31.3. The molecule has 9 N–H and O–H groups in total. The van der Waals surface area contributed by atoms with E-state index in [1.165, 1.54) is 0 Å². The zero-order chi connectivity index (χ0) is 21.6. The molecule has 30 heavy (non-hydrogen) atoms. The molecule has 0 saturated carbocycles. The first kappa shape index (κ1) is 33.4. The zero-order valence-corrected chi connectivity index (χ0v) is 19.6. The molecule has 0 bridgehead atoms. The zero-order valence-electron chi connectivity index (χ0n) is 18.8. The SMILES string of the molecule is CCCCCCCCC(C(=O)O)C(CCCCCCCC)(C(=O)O)S(=O)(=O)O.N.N. The number of carboxylic acid groups (broad SMARTS) is 2. The number of unbranched alkanes of at least 4 members (excludes halogenated alkanes) is 10. The maximum Gasteiger partial charge on any atom is 0.328 e. The van der Waals surface area contributed by atoms with Crippen LogP contribution >= 0.6 is 0 Å². The number of carbonyl (C=O) groups is 2. The fraction of sp³-hybridized carbons (Fsp3) is 0.900. The Bertz CT molecular complexity index is 570. The molecule has 2 atom stereocenters. The third-order valence-corrected chi connectivity index (χ3v) is 7.02. The Morgan fingerprint density at radius 1 is 0.767 bits per heavy atom. The van der Waals surface area contributed by atoms with E-state index in [2.05, 4.69) is 13.8 Å². The highest BCUT2D eigenvalue weighted by Gasteiger charge is 2.58. The molecule has 0 spiro atoms. The lowest BCUT2D eigenvalue weighted by Gasteiger charge is -2.32. The molecule has 0 aromatic heterocycles. The summed E-state index contributed by atoms with van der Waals surface area (Å²) in [5.74, 6) is -4.93. The van der Waals surface area contributed by atoms with E-state index in [1.807, 2.05) is 0 Å². The fourth-order valence-electron chi connectivity index (χ4n) is 3.70. The van der Waals surface area contributed by atoms with Crippen molar-refractivity contribution < 1.29 is 32.8 Å². The smallest absolute Gasteiger partial charge is 0.328 e. The van der Waals surface area contributed by atoms with Crippen molar-refractivity contribution in [3.63, 3.8) is 0 Å². The molecule has 0 amide bonds. The number of hydrogen-bond donors (Lipinski definition) is 5. The summed E-state index contributed by atoms with van der Waals surface area (Å²) in [6.45, 7) is 4.14. The van der Waals surface area contributed by atoms with Gasteiger partial charge in [0.2, 0.25) is 4.75 Å². The maximum absolute atomic E-state index is 12.1. The van der Waals surface area contributed by atoms with Crippen LogP contribution in [0.3, 0.4) is 0 Å². The van der Waals surface area contributed by atoms with E-state index in [1.54, 1.807) is 0 Å². The predicted molar refractivity (Wildman–Crippen MR) is 119 cm³/mol. The van der Waals surface area contributed by atoms with Crippen LogP contribution in [-0.2, 0) is 19.7 Å². The molecule has 0 heterocycles. The minimum atomic E-state index is -5.10. The van der Waals surface area contributed by atoms with Gasteiger partial charge in [-0.05, 0) is 12.8 Å². The number of carboxylic acids is 2. The van der Waals surface area contributed by atoms with Crippen molar-refractivity contribution in [2.75, 3.05) is 0 Å². The molecule has 0 aliphatic rings. The van der Waals surface area contributed by atoms with Crippen molar-refractivity contribution in [2.24, 2.45) is 5.92 Å². The van der Waals surface area contributed by atoms with E-state index >= 15 is 0 Å². The second-order valence-electron chi connectivity index (χ2n) is 7.63. The van der Waals surface area contributed by atoms with Crippen LogP contribution in [0.5, 0.6) is 0 Å². The highest BCUT2D eigenvalue weighted by atomic mass is 32.2. The summed E-state index contributed by atoms with van der Waals surface area (Å²) in [6, 6.07) is 0. The molecule has 0 aliphatic carbocycles. The summed E-state index contributed by atoms with van der Waals surface area (Å²) in [6.07, 6.45) is 9.43. The van der Waals surface area contributed by atoms with Crippen molar-refractivity contribution in [1.29, 1.82) is 0 Å². The molecule has 0 fully saturated rings. The van der Waals surface area contributed by atoms with Crippen LogP contribution in [0, 0.1) is 5.92 Å². The Kier molecular flexibility index (Phi) is 19.4. The fourth-order valence-corrected chi connectivity index (χ4v) is 4.90. The standard InChI is InChI=1S/C20H38O7S.2H3N/c1-3-5-7-9-11-13-15-17(18(21)22)20(19(23)24,28(25,26)27)16-14-12-10-8-6-4-2;;/h17H,3-16H2,1-2H3,(H,21,22)(H,23,24)(H,25,26,27);2*1H3. The van der Waals surface area contributed by atoms with Crippen molar-refractivity contribution in [3.05, 3.63) is 0 Å². The van der Waals surface area contributed by atoms with Gasteiger partial charge in [0.05, 0.1) is 5.92 Å². The second-order valence-corrected chi connectivity index (χ2v) is 9.31. The highest BCUT2D eigenvalue weighted by Crippen LogP contribution is 2.36. The second kappa shape index (κ2) is 17.5. The van der Waals surface area contributed by atoms with E-state index < -0.39 is 32.7 Å². The Labute approximate surface area is 181 Å². The van der Waals surface area contributed by atoms with Gasteiger partial charge < -0.3 is 22.5 Å². The molecule has 9 nitrogen and oxygen atoms in total. The highest BCUT2D eigenvalue weighted by molar-refractivity contribution is 7.88. The molecular weight excluding hydrogens is 412 g/mol. The Morgan fingerprint density at radius 2 is 1.17 bits per heavy atom. The summed E-state index contributed by atoms with van der Waals surface area (Å²) in [5, 5.41) is 19.3. The molecule has 0 radical (unpaired) electrons. The van der Waals surface area contributed by atoms with Gasteiger partial charge >= 0.3 is 11.9 Å². The van der Waals surface area contributed by atoms with Gasteiger partial charge in [-0.1, -0.05) is 90.9 Å². The van der Waals surface area contributed by atoms with Crippen LogP contribution in [0.1, 0.15) is 104 Å². The molecule has 10 heteroatoms. The normalized spacial score (nSPS) is 14.1. The minimum absolute atomic E-state index is 0. The molecule has 182 valence electrons. The first-order chi connectivity index (χ1) is 13.1. The Morgan fingerprint density at radius 3 is 1.53 bits per heavy atom. The van der Waals surface area contributed by atoms with Gasteiger partial charge in [-0.2, -0.15) is 8.42 Å². The van der Waals surface area contributed by atoms with E-state index in [4.69, 9.17) is 0 Å². The molecule has 0 aliphatic heterocycles. The van der Waals surface area contributed by atoms with Crippen molar-refractivity contribution in [2.45, 2.75) is 108 Å². The molecule has 0 aromatic carbocycles. The molecule has 0 saturated heterocycles.